The molecule has 0 bridgehead atoms. The van der Waals surface area contributed by atoms with Gasteiger partial charge in [0, 0.05) is 40.1 Å². The molecule has 0 saturated carbocycles. The van der Waals surface area contributed by atoms with E-state index in [1.807, 2.05) is 6.20 Å². The zero-order valence-electron chi connectivity index (χ0n) is 27.5. The molecule has 236 valence electrons. The summed E-state index contributed by atoms with van der Waals surface area (Å²) in [7, 11) is 0. The Morgan fingerprint density at radius 1 is 0.680 bits per heavy atom. The van der Waals surface area contributed by atoms with E-state index in [1.165, 1.54) is 65.7 Å². The molecular weight excluding hydrogens is 609 g/mol. The quantitative estimate of drug-likeness (QED) is 0.193. The fourth-order valence-electron chi connectivity index (χ4n) is 8.96. The van der Waals surface area contributed by atoms with Gasteiger partial charge in [-0.15, -0.1) is 0 Å². The van der Waals surface area contributed by atoms with Crippen LogP contribution >= 0.6 is 0 Å². The van der Waals surface area contributed by atoms with Gasteiger partial charge in [0.25, 0.3) is 0 Å². The first kappa shape index (κ1) is 27.7. The van der Waals surface area contributed by atoms with E-state index < -0.39 is 0 Å². The maximum Gasteiger partial charge on any atom is 0.230 e. The molecule has 4 heteroatoms. The number of hydrogen-bond acceptors (Lipinski definition) is 3. The van der Waals surface area contributed by atoms with E-state index in [1.54, 1.807) is 0 Å². The highest BCUT2D eigenvalue weighted by Gasteiger charge is 2.43. The van der Waals surface area contributed by atoms with Gasteiger partial charge in [-0.25, -0.2) is 9.97 Å². The molecule has 3 aliphatic rings. The van der Waals surface area contributed by atoms with Crippen LogP contribution in [0.5, 0.6) is 0 Å². The van der Waals surface area contributed by atoms with E-state index in [0.29, 0.717) is 0 Å². The number of allylic oxidation sites excluding steroid dienone is 3. The Hall–Kier alpha value is -6.26. The number of benzene rings is 6. The normalized spacial score (nSPS) is 19.0. The van der Waals surface area contributed by atoms with E-state index in [4.69, 9.17) is 9.97 Å². The third-order valence-electron chi connectivity index (χ3n) is 11.2. The Morgan fingerprint density at radius 3 is 2.30 bits per heavy atom. The molecule has 3 heterocycles. The summed E-state index contributed by atoms with van der Waals surface area (Å²) in [6.07, 6.45) is 13.4. The lowest BCUT2D eigenvalue weighted by molar-refractivity contribution is 0.727. The summed E-state index contributed by atoms with van der Waals surface area (Å²) in [5.41, 5.74) is 10.8. The van der Waals surface area contributed by atoms with Gasteiger partial charge in [0.15, 0.2) is 0 Å². The summed E-state index contributed by atoms with van der Waals surface area (Å²) in [6.45, 7) is 2.28. The lowest BCUT2D eigenvalue weighted by Crippen LogP contribution is -2.30. The highest BCUT2D eigenvalue weighted by atomic mass is 15.3. The van der Waals surface area contributed by atoms with Crippen molar-refractivity contribution in [3.05, 3.63) is 174 Å². The number of fused-ring (bicyclic) bond motifs is 12. The Balaban J connectivity index is 1.17. The average molecular weight is 641 g/mol. The molecule has 3 unspecified atom stereocenters. The topological polar surface area (TPSA) is 34.0 Å². The molecule has 0 spiro atoms. The first-order chi connectivity index (χ1) is 24.7. The summed E-state index contributed by atoms with van der Waals surface area (Å²) >= 11 is 0. The number of nitrogens with zero attached hydrogens (tertiary/aromatic N) is 4. The van der Waals surface area contributed by atoms with Crippen LogP contribution in [0.2, 0.25) is 0 Å². The molecule has 0 fully saturated rings. The minimum Gasteiger partial charge on any atom is -0.307 e. The van der Waals surface area contributed by atoms with Gasteiger partial charge < -0.3 is 9.47 Å². The molecule has 0 saturated heterocycles. The fourth-order valence-corrected chi connectivity index (χ4v) is 8.96. The van der Waals surface area contributed by atoms with Crippen LogP contribution in [0.1, 0.15) is 41.1 Å². The SMILES string of the molecule is CC1C(c2ccc3ccccc3c2)=Cc2cnc(N3c4c(c5ccccc5c5c6ccccc6n(-c6ccccc6)c45)C4C=CC=CC43)nc21. The smallest absolute Gasteiger partial charge is 0.230 e. The van der Waals surface area contributed by atoms with E-state index in [9.17, 15) is 0 Å². The first-order valence-corrected chi connectivity index (χ1v) is 17.5. The maximum atomic E-state index is 5.48. The van der Waals surface area contributed by atoms with Crippen LogP contribution in [0.25, 0.3) is 60.7 Å². The average Bonchev–Trinajstić information content (AvgIpc) is 3.82. The van der Waals surface area contributed by atoms with Gasteiger partial charge in [0.1, 0.15) is 0 Å². The number of hydrogen-bond donors (Lipinski definition) is 0. The molecule has 1 aliphatic heterocycles. The Morgan fingerprint density at radius 2 is 1.42 bits per heavy atom. The van der Waals surface area contributed by atoms with E-state index in [0.717, 1.165) is 22.9 Å². The van der Waals surface area contributed by atoms with Crippen molar-refractivity contribution in [2.24, 2.45) is 0 Å². The molecule has 0 radical (unpaired) electrons. The highest BCUT2D eigenvalue weighted by Crippen LogP contribution is 2.56. The molecule has 2 aliphatic carbocycles. The van der Waals surface area contributed by atoms with Crippen molar-refractivity contribution in [2.45, 2.75) is 24.8 Å². The van der Waals surface area contributed by atoms with Crippen molar-refractivity contribution in [3.63, 3.8) is 0 Å². The number of rotatable bonds is 3. The second-order valence-corrected chi connectivity index (χ2v) is 13.8. The van der Waals surface area contributed by atoms with Crippen LogP contribution < -0.4 is 4.90 Å². The van der Waals surface area contributed by atoms with Crippen molar-refractivity contribution in [2.75, 3.05) is 4.90 Å². The predicted octanol–water partition coefficient (Wildman–Crippen LogP) is 11.3. The van der Waals surface area contributed by atoms with Gasteiger partial charge >= 0.3 is 0 Å². The molecule has 50 heavy (non-hydrogen) atoms. The van der Waals surface area contributed by atoms with Crippen LogP contribution in [-0.4, -0.2) is 20.6 Å². The summed E-state index contributed by atoms with van der Waals surface area (Å²) in [5, 5.41) is 7.60. The maximum absolute atomic E-state index is 5.48. The van der Waals surface area contributed by atoms with Gasteiger partial charge in [0.2, 0.25) is 5.95 Å². The monoisotopic (exact) mass is 640 g/mol. The van der Waals surface area contributed by atoms with Crippen molar-refractivity contribution >= 4 is 66.6 Å². The Kier molecular flexibility index (Phi) is 5.74. The number of anilines is 2. The Labute approximate surface area is 290 Å². The lowest BCUT2D eigenvalue weighted by Gasteiger charge is -2.28. The molecule has 0 N–H and O–H groups in total. The van der Waals surface area contributed by atoms with Gasteiger partial charge in [0.05, 0.1) is 28.5 Å². The van der Waals surface area contributed by atoms with Crippen LogP contribution in [-0.2, 0) is 0 Å². The third-order valence-corrected chi connectivity index (χ3v) is 11.2. The van der Waals surface area contributed by atoms with Crippen LogP contribution in [0.15, 0.2) is 152 Å². The van der Waals surface area contributed by atoms with Crippen molar-refractivity contribution in [3.8, 4) is 5.69 Å². The van der Waals surface area contributed by atoms with Gasteiger partial charge in [-0.05, 0) is 68.6 Å². The van der Waals surface area contributed by atoms with E-state index in [-0.39, 0.29) is 17.9 Å². The summed E-state index contributed by atoms with van der Waals surface area (Å²) < 4.78 is 2.46. The minimum atomic E-state index is 0.0499. The number of aromatic nitrogens is 3. The van der Waals surface area contributed by atoms with Crippen molar-refractivity contribution < 1.29 is 0 Å². The molecule has 3 atom stereocenters. The summed E-state index contributed by atoms with van der Waals surface area (Å²) in [5.74, 6) is 1.05. The zero-order valence-corrected chi connectivity index (χ0v) is 27.5. The van der Waals surface area contributed by atoms with E-state index in [2.05, 4.69) is 168 Å². The molecule has 2 aromatic heterocycles. The third kappa shape index (κ3) is 3.76. The zero-order chi connectivity index (χ0) is 32.9. The molecule has 11 rings (SSSR count). The summed E-state index contributed by atoms with van der Waals surface area (Å²) in [4.78, 5) is 13.1. The second-order valence-electron chi connectivity index (χ2n) is 13.8. The molecule has 0 amide bonds. The van der Waals surface area contributed by atoms with E-state index >= 15 is 0 Å². The van der Waals surface area contributed by atoms with Crippen LogP contribution in [0.3, 0.4) is 0 Å². The lowest BCUT2D eigenvalue weighted by atomic mass is 9.87. The van der Waals surface area contributed by atoms with Crippen molar-refractivity contribution in [1.82, 2.24) is 14.5 Å². The first-order valence-electron chi connectivity index (χ1n) is 17.5. The summed E-state index contributed by atoms with van der Waals surface area (Å²) in [6, 6.07) is 44.0. The van der Waals surface area contributed by atoms with Crippen molar-refractivity contribution in [1.29, 1.82) is 0 Å². The van der Waals surface area contributed by atoms with Gasteiger partial charge in [-0.2, -0.15) is 0 Å². The molecular formula is C46H32N4. The standard InChI is InChI=1S/C46H32N4/c1-28-38(31-24-23-29-13-5-6-14-30(29)25-31)26-32-27-47-46(48-43(28)32)50-40-22-12-10-20-37(40)42-35-18-8-7-17-34(35)41-36-19-9-11-21-39(36)49(44(41)45(42)50)33-15-3-2-4-16-33/h2-28,37,40H,1H3. The molecule has 4 nitrogen and oxygen atoms in total. The minimum absolute atomic E-state index is 0.0499. The fraction of sp³-hybridized carbons (Fsp3) is 0.0870. The second kappa shape index (κ2) is 10.4. The molecule has 6 aromatic carbocycles. The highest BCUT2D eigenvalue weighted by molar-refractivity contribution is 6.27. The largest absolute Gasteiger partial charge is 0.307 e. The van der Waals surface area contributed by atoms with Gasteiger partial charge in [-0.1, -0.05) is 128 Å². The number of para-hydroxylation sites is 2. The molecule has 8 aromatic rings. The Bertz CT molecular complexity index is 2800. The van der Waals surface area contributed by atoms with Crippen LogP contribution in [0.4, 0.5) is 11.6 Å². The van der Waals surface area contributed by atoms with Gasteiger partial charge in [-0.3, -0.25) is 0 Å². The van der Waals surface area contributed by atoms with Crippen LogP contribution in [0, 0.1) is 0 Å². The predicted molar refractivity (Wildman–Crippen MR) is 208 cm³/mol.